The molecule has 0 aromatic heterocycles. The van der Waals surface area contributed by atoms with E-state index in [0.717, 1.165) is 5.56 Å². The Bertz CT molecular complexity index is 733. The Hall–Kier alpha value is -1.24. The molecular weight excluding hydrogens is 364 g/mol. The van der Waals surface area contributed by atoms with Gasteiger partial charge in [-0.3, -0.25) is 8.98 Å². The van der Waals surface area contributed by atoms with Gasteiger partial charge in [0.25, 0.3) is 0 Å². The molecule has 6 heteroatoms. The Morgan fingerprint density at radius 3 is 1.96 bits per heavy atom. The van der Waals surface area contributed by atoms with E-state index in [1.54, 1.807) is 24.3 Å². The van der Waals surface area contributed by atoms with Crippen molar-refractivity contribution in [2.75, 3.05) is 12.9 Å². The van der Waals surface area contributed by atoms with Crippen LogP contribution in [0.15, 0.2) is 29.2 Å². The van der Waals surface area contributed by atoms with Gasteiger partial charge in [-0.2, -0.15) is 0 Å². The van der Waals surface area contributed by atoms with Crippen molar-refractivity contribution in [1.29, 1.82) is 0 Å². The number of rotatable bonds is 7. The second-order valence-electron chi connectivity index (χ2n) is 10.00. The van der Waals surface area contributed by atoms with Gasteiger partial charge in [0.1, 0.15) is 15.2 Å². The van der Waals surface area contributed by atoms with Gasteiger partial charge in [-0.1, -0.05) is 31.5 Å². The van der Waals surface area contributed by atoms with Crippen LogP contribution in [-0.2, 0) is 23.3 Å². The first-order chi connectivity index (χ1) is 11.8. The smallest absolute Gasteiger partial charge is 0.312 e. The molecule has 0 bridgehead atoms. The number of benzene rings is 1. The van der Waals surface area contributed by atoms with Gasteiger partial charge in [-0.25, -0.2) is 4.21 Å². The van der Waals surface area contributed by atoms with E-state index in [0.29, 0.717) is 6.42 Å². The topological polar surface area (TPSA) is 72.8 Å². The lowest BCUT2D eigenvalue weighted by Gasteiger charge is -2.39. The van der Waals surface area contributed by atoms with E-state index >= 15 is 0 Å². The van der Waals surface area contributed by atoms with Crippen LogP contribution in [0.3, 0.4) is 0 Å². The standard InChI is InChI=1S/C21H36O5S/c1-16-10-12-17(13-11-16)27(9,23,24)25-15-20(5,6)14-21(7,8)18(22)26-19(2,3)4/h10-13H,14-15H2,1-9H3,(H,23,24). The fourth-order valence-corrected chi connectivity index (χ4v) is 4.43. The summed E-state index contributed by atoms with van der Waals surface area (Å²) in [5.74, 6) is -0.292. The molecule has 156 valence electrons. The average Bonchev–Trinajstić information content (AvgIpc) is 2.43. The summed E-state index contributed by atoms with van der Waals surface area (Å²) in [6.45, 7) is 14.9. The third-order valence-corrected chi connectivity index (χ3v) is 6.17. The second-order valence-corrected chi connectivity index (χ2v) is 13.1. The third kappa shape index (κ3) is 7.35. The van der Waals surface area contributed by atoms with Gasteiger partial charge in [-0.05, 0) is 65.5 Å². The summed E-state index contributed by atoms with van der Waals surface area (Å²) < 4.78 is 34.9. The Balaban J connectivity index is 2.89. The third-order valence-electron chi connectivity index (χ3n) is 4.15. The maximum atomic E-state index is 13.1. The van der Waals surface area contributed by atoms with Crippen LogP contribution in [0.1, 0.15) is 60.5 Å². The SMILES string of the molecule is Cc1ccc(S(C)(=O)(O)OCC(C)(C)CC(C)(C)C(=O)OC(C)(C)C)cc1. The summed E-state index contributed by atoms with van der Waals surface area (Å²) >= 11 is 0. The van der Waals surface area contributed by atoms with Gasteiger partial charge in [-0.15, -0.1) is 0 Å². The average molecular weight is 401 g/mol. The van der Waals surface area contributed by atoms with Gasteiger partial charge in [0.2, 0.25) is 0 Å². The van der Waals surface area contributed by atoms with E-state index in [1.807, 2.05) is 55.4 Å². The minimum absolute atomic E-state index is 0.0332. The fraction of sp³-hybridized carbons (Fsp3) is 0.667. The minimum Gasteiger partial charge on any atom is -0.460 e. The molecule has 0 aliphatic carbocycles. The number of carbonyl (C=O) groups is 1. The van der Waals surface area contributed by atoms with Gasteiger partial charge >= 0.3 is 5.97 Å². The summed E-state index contributed by atoms with van der Waals surface area (Å²) in [5.41, 5.74) is -0.814. The molecule has 1 N–H and O–H groups in total. The summed E-state index contributed by atoms with van der Waals surface area (Å²) in [5, 5.41) is 0. The molecule has 0 heterocycles. The molecule has 0 unspecified atom stereocenters. The largest absolute Gasteiger partial charge is 0.460 e. The summed E-state index contributed by atoms with van der Waals surface area (Å²) in [6.07, 6.45) is 1.67. The Morgan fingerprint density at radius 1 is 1.04 bits per heavy atom. The number of hydrogen-bond donors (Lipinski definition) is 1. The Kier molecular flexibility index (Phi) is 6.43. The number of aryl methyl sites for hydroxylation is 1. The lowest BCUT2D eigenvalue weighted by molar-refractivity contribution is -0.167. The van der Waals surface area contributed by atoms with Crippen molar-refractivity contribution in [3.8, 4) is 0 Å². The van der Waals surface area contributed by atoms with Crippen LogP contribution in [0.4, 0.5) is 0 Å². The van der Waals surface area contributed by atoms with E-state index in [4.69, 9.17) is 8.92 Å². The highest BCUT2D eigenvalue weighted by molar-refractivity contribution is 8.10. The molecule has 0 atom stereocenters. The highest BCUT2D eigenvalue weighted by atomic mass is 32.3. The second kappa shape index (κ2) is 7.30. The van der Waals surface area contributed by atoms with E-state index in [9.17, 15) is 13.6 Å². The van der Waals surface area contributed by atoms with Crippen molar-refractivity contribution in [1.82, 2.24) is 0 Å². The predicted octanol–water partition coefficient (Wildman–Crippen LogP) is 4.99. The summed E-state index contributed by atoms with van der Waals surface area (Å²) in [6, 6.07) is 6.79. The van der Waals surface area contributed by atoms with Crippen LogP contribution in [0.2, 0.25) is 0 Å². The van der Waals surface area contributed by atoms with E-state index < -0.39 is 26.1 Å². The van der Waals surface area contributed by atoms with Crippen LogP contribution in [0.25, 0.3) is 0 Å². The van der Waals surface area contributed by atoms with Crippen LogP contribution >= 0.6 is 0 Å². The maximum Gasteiger partial charge on any atom is 0.312 e. The first-order valence-electron chi connectivity index (χ1n) is 9.16. The van der Waals surface area contributed by atoms with E-state index in [-0.39, 0.29) is 17.5 Å². The zero-order valence-electron chi connectivity index (χ0n) is 18.2. The van der Waals surface area contributed by atoms with Crippen LogP contribution in [0.5, 0.6) is 0 Å². The molecule has 0 saturated carbocycles. The molecule has 1 rings (SSSR count). The van der Waals surface area contributed by atoms with Gasteiger partial charge in [0, 0.05) is 6.26 Å². The number of hydrogen-bond acceptors (Lipinski definition) is 4. The first kappa shape index (κ1) is 23.8. The molecule has 0 aliphatic rings. The van der Waals surface area contributed by atoms with Gasteiger partial charge < -0.3 is 9.29 Å². The van der Waals surface area contributed by atoms with Gasteiger partial charge in [0.15, 0.2) is 0 Å². The molecule has 0 spiro atoms. The van der Waals surface area contributed by atoms with Crippen molar-refractivity contribution < 1.29 is 22.5 Å². The summed E-state index contributed by atoms with van der Waals surface area (Å²) in [7, 11) is -4.42. The molecule has 1 aromatic rings. The predicted molar refractivity (Wildman–Crippen MR) is 110 cm³/mol. The molecular formula is C21H36O5S. The zero-order chi connectivity index (χ0) is 21.3. The lowest BCUT2D eigenvalue weighted by Crippen LogP contribution is -2.41. The Labute approximate surface area is 164 Å². The maximum absolute atomic E-state index is 13.1. The highest BCUT2D eigenvalue weighted by Gasteiger charge is 2.40. The molecule has 0 aliphatic heterocycles. The van der Waals surface area contributed by atoms with E-state index in [1.165, 1.54) is 6.26 Å². The van der Waals surface area contributed by atoms with Crippen LogP contribution < -0.4 is 0 Å². The van der Waals surface area contributed by atoms with Crippen molar-refractivity contribution >= 4 is 15.6 Å². The molecule has 1 aromatic carbocycles. The van der Waals surface area contributed by atoms with Crippen molar-refractivity contribution in [3.63, 3.8) is 0 Å². The number of ether oxygens (including phenoxy) is 1. The zero-order valence-corrected chi connectivity index (χ0v) is 19.0. The van der Waals surface area contributed by atoms with Crippen LogP contribution in [0, 0.1) is 17.8 Å². The number of esters is 1. The van der Waals surface area contributed by atoms with Crippen molar-refractivity contribution in [2.45, 2.75) is 72.3 Å². The van der Waals surface area contributed by atoms with Crippen molar-refractivity contribution in [2.24, 2.45) is 10.8 Å². The molecule has 0 radical (unpaired) electrons. The first-order valence-corrected chi connectivity index (χ1v) is 11.4. The fourth-order valence-electron chi connectivity index (χ4n) is 2.95. The lowest BCUT2D eigenvalue weighted by atomic mass is 9.75. The number of carbonyl (C=O) groups excluding carboxylic acids is 1. The van der Waals surface area contributed by atoms with E-state index in [2.05, 4.69) is 0 Å². The van der Waals surface area contributed by atoms with Crippen molar-refractivity contribution in [3.05, 3.63) is 29.8 Å². The molecule has 0 saturated heterocycles. The van der Waals surface area contributed by atoms with Crippen LogP contribution in [-0.4, -0.2) is 33.2 Å². The summed E-state index contributed by atoms with van der Waals surface area (Å²) in [4.78, 5) is 12.8. The Morgan fingerprint density at radius 2 is 1.52 bits per heavy atom. The molecule has 0 fully saturated rings. The highest BCUT2D eigenvalue weighted by Crippen LogP contribution is 2.39. The quantitative estimate of drug-likeness (QED) is 0.653. The molecule has 27 heavy (non-hydrogen) atoms. The minimum atomic E-state index is -4.42. The van der Waals surface area contributed by atoms with Gasteiger partial charge in [0.05, 0.1) is 16.9 Å². The molecule has 5 nitrogen and oxygen atoms in total. The normalized spacial score (nSPS) is 15.1. The monoisotopic (exact) mass is 400 g/mol. The molecule has 0 amide bonds.